The summed E-state index contributed by atoms with van der Waals surface area (Å²) in [5.74, 6) is 0. The van der Waals surface area contributed by atoms with E-state index in [1.54, 1.807) is 9.80 Å². The lowest BCUT2D eigenvalue weighted by atomic mass is 9.69. The molecule has 136 valence electrons. The number of nitrogens with zero attached hydrogens (tertiary/aromatic N) is 1. The average molecular weight is 344 g/mol. The molecule has 1 aliphatic heterocycles. The lowest BCUT2D eigenvalue weighted by Crippen LogP contribution is -3.27. The maximum Gasteiger partial charge on any atom is 0.127 e. The molecular formula is C21H35N4+3. The van der Waals surface area contributed by atoms with E-state index in [-0.39, 0.29) is 5.41 Å². The Bertz CT molecular complexity index is 549. The SMILES string of the molecule is C[NH+]1CC[NH+](CCC[NH2+]C2CCC(C#N)(c3ccccc3)CC2)CC1. The molecule has 1 saturated carbocycles. The number of nitriles is 1. The van der Waals surface area contributed by atoms with Crippen molar-refractivity contribution >= 4 is 0 Å². The molecule has 0 atom stereocenters. The predicted molar refractivity (Wildman–Crippen MR) is 99.6 cm³/mol. The molecule has 1 aromatic rings. The van der Waals surface area contributed by atoms with E-state index in [2.05, 4.69) is 42.7 Å². The van der Waals surface area contributed by atoms with E-state index in [9.17, 15) is 5.26 Å². The van der Waals surface area contributed by atoms with E-state index < -0.39 is 0 Å². The smallest absolute Gasteiger partial charge is 0.127 e. The summed E-state index contributed by atoms with van der Waals surface area (Å²) < 4.78 is 0. The molecule has 0 unspecified atom stereocenters. The van der Waals surface area contributed by atoms with E-state index in [4.69, 9.17) is 0 Å². The van der Waals surface area contributed by atoms with Gasteiger partial charge in [0.25, 0.3) is 0 Å². The Morgan fingerprint density at radius 2 is 1.80 bits per heavy atom. The van der Waals surface area contributed by atoms with Crippen LogP contribution in [0.25, 0.3) is 0 Å². The van der Waals surface area contributed by atoms with Gasteiger partial charge in [-0.05, 0) is 18.4 Å². The van der Waals surface area contributed by atoms with Crippen LogP contribution in [0.4, 0.5) is 0 Å². The fourth-order valence-electron chi connectivity index (χ4n) is 4.58. The van der Waals surface area contributed by atoms with Crippen molar-refractivity contribution in [2.75, 3.05) is 46.3 Å². The maximum absolute atomic E-state index is 9.79. The molecule has 3 rings (SSSR count). The second kappa shape index (κ2) is 8.80. The van der Waals surface area contributed by atoms with E-state index >= 15 is 0 Å². The van der Waals surface area contributed by atoms with Gasteiger partial charge < -0.3 is 15.1 Å². The van der Waals surface area contributed by atoms with Crippen LogP contribution in [0, 0.1) is 11.3 Å². The predicted octanol–water partition coefficient (Wildman–Crippen LogP) is -1.24. The largest absolute Gasteiger partial charge is 0.344 e. The zero-order chi connectivity index (χ0) is 17.5. The molecule has 4 nitrogen and oxygen atoms in total. The number of nitrogens with one attached hydrogen (secondary N) is 2. The Morgan fingerprint density at radius 1 is 1.12 bits per heavy atom. The summed E-state index contributed by atoms with van der Waals surface area (Å²) in [6.45, 7) is 7.94. The number of nitrogens with two attached hydrogens (primary N) is 1. The monoisotopic (exact) mass is 343 g/mol. The van der Waals surface area contributed by atoms with Gasteiger partial charge in [0.2, 0.25) is 0 Å². The van der Waals surface area contributed by atoms with Gasteiger partial charge in [0, 0.05) is 19.3 Å². The lowest BCUT2D eigenvalue weighted by molar-refractivity contribution is -1.00. The molecule has 4 N–H and O–H groups in total. The molecule has 0 spiro atoms. The van der Waals surface area contributed by atoms with Gasteiger partial charge in [0.15, 0.2) is 0 Å². The first-order valence-corrected chi connectivity index (χ1v) is 10.2. The Balaban J connectivity index is 1.37. The first-order valence-electron chi connectivity index (χ1n) is 10.2. The molecular weight excluding hydrogens is 308 g/mol. The van der Waals surface area contributed by atoms with Gasteiger partial charge in [0.1, 0.15) is 26.2 Å². The summed E-state index contributed by atoms with van der Waals surface area (Å²) in [6.07, 6.45) is 5.70. The topological polar surface area (TPSA) is 49.3 Å². The highest BCUT2D eigenvalue weighted by atomic mass is 15.2. The van der Waals surface area contributed by atoms with Crippen LogP contribution >= 0.6 is 0 Å². The zero-order valence-corrected chi connectivity index (χ0v) is 15.8. The molecule has 0 aromatic heterocycles. The van der Waals surface area contributed by atoms with Gasteiger partial charge in [-0.2, -0.15) is 5.26 Å². The van der Waals surface area contributed by atoms with Crippen LogP contribution in [0.1, 0.15) is 37.7 Å². The van der Waals surface area contributed by atoms with Gasteiger partial charge in [-0.1, -0.05) is 30.3 Å². The van der Waals surface area contributed by atoms with Crippen LogP contribution in [-0.4, -0.2) is 52.4 Å². The molecule has 1 saturated heterocycles. The lowest BCUT2D eigenvalue weighted by Gasteiger charge is -2.34. The summed E-state index contributed by atoms with van der Waals surface area (Å²) in [5.41, 5.74) is 0.981. The van der Waals surface area contributed by atoms with E-state index in [1.165, 1.54) is 64.1 Å². The molecule has 1 aliphatic carbocycles. The van der Waals surface area contributed by atoms with Crippen LogP contribution in [0.2, 0.25) is 0 Å². The molecule has 0 radical (unpaired) electrons. The van der Waals surface area contributed by atoms with Crippen LogP contribution in [0.5, 0.6) is 0 Å². The first-order chi connectivity index (χ1) is 12.2. The molecule has 1 heterocycles. The number of benzene rings is 1. The standard InChI is InChI=1S/C21H32N4/c1-24-14-16-25(17-15-24)13-5-12-23-20-8-10-21(18-22,11-9-20)19-6-3-2-4-7-19/h2-4,6-7,20,23H,5,8-17H2,1H3/p+3. The van der Waals surface area contributed by atoms with Gasteiger partial charge in [-0.25, -0.2) is 0 Å². The van der Waals surface area contributed by atoms with Gasteiger partial charge in [-0.3, -0.25) is 0 Å². The van der Waals surface area contributed by atoms with Gasteiger partial charge in [0.05, 0.1) is 37.7 Å². The van der Waals surface area contributed by atoms with E-state index in [0.717, 1.165) is 18.9 Å². The Labute approximate surface area is 152 Å². The quantitative estimate of drug-likeness (QED) is 0.556. The normalized spacial score (nSPS) is 32.9. The highest BCUT2D eigenvalue weighted by Crippen LogP contribution is 2.38. The average Bonchev–Trinajstić information content (AvgIpc) is 2.68. The molecule has 2 fully saturated rings. The second-order valence-electron chi connectivity index (χ2n) is 8.23. The summed E-state index contributed by atoms with van der Waals surface area (Å²) in [5, 5.41) is 12.4. The van der Waals surface area contributed by atoms with Crippen molar-refractivity contribution < 1.29 is 15.1 Å². The number of hydrogen-bond donors (Lipinski definition) is 3. The summed E-state index contributed by atoms with van der Waals surface area (Å²) in [4.78, 5) is 3.49. The minimum Gasteiger partial charge on any atom is -0.344 e. The van der Waals surface area contributed by atoms with Crippen molar-refractivity contribution in [2.24, 2.45) is 0 Å². The fourth-order valence-corrected chi connectivity index (χ4v) is 4.58. The molecule has 2 aliphatic rings. The van der Waals surface area contributed by atoms with Crippen LogP contribution in [0.3, 0.4) is 0 Å². The highest BCUT2D eigenvalue weighted by molar-refractivity contribution is 5.32. The van der Waals surface area contributed by atoms with Crippen LogP contribution < -0.4 is 15.1 Å². The summed E-state index contributed by atoms with van der Waals surface area (Å²) in [6, 6.07) is 13.8. The van der Waals surface area contributed by atoms with Crippen molar-refractivity contribution in [3.8, 4) is 6.07 Å². The second-order valence-corrected chi connectivity index (χ2v) is 8.23. The Morgan fingerprint density at radius 3 is 2.44 bits per heavy atom. The zero-order valence-electron chi connectivity index (χ0n) is 15.8. The number of likely N-dealkylation sites (N-methyl/N-ethyl adjacent to an activating group) is 1. The van der Waals surface area contributed by atoms with Crippen molar-refractivity contribution in [1.82, 2.24) is 0 Å². The molecule has 0 amide bonds. The molecule has 1 aromatic carbocycles. The third-order valence-electron chi connectivity index (χ3n) is 6.47. The van der Waals surface area contributed by atoms with Crippen molar-refractivity contribution in [3.63, 3.8) is 0 Å². The van der Waals surface area contributed by atoms with Gasteiger partial charge >= 0.3 is 0 Å². The summed E-state index contributed by atoms with van der Waals surface area (Å²) in [7, 11) is 2.31. The third kappa shape index (κ3) is 4.82. The van der Waals surface area contributed by atoms with Crippen molar-refractivity contribution in [2.45, 2.75) is 43.6 Å². The molecule has 25 heavy (non-hydrogen) atoms. The minimum absolute atomic E-state index is 0.238. The summed E-state index contributed by atoms with van der Waals surface area (Å²) >= 11 is 0. The number of quaternary nitrogens is 3. The molecule has 0 bridgehead atoms. The Hall–Kier alpha value is -1.41. The van der Waals surface area contributed by atoms with Crippen molar-refractivity contribution in [3.05, 3.63) is 35.9 Å². The third-order valence-corrected chi connectivity index (χ3v) is 6.47. The first kappa shape index (κ1) is 18.4. The minimum atomic E-state index is -0.238. The molecule has 4 heteroatoms. The van der Waals surface area contributed by atoms with Crippen molar-refractivity contribution in [1.29, 1.82) is 5.26 Å². The van der Waals surface area contributed by atoms with Gasteiger partial charge in [-0.15, -0.1) is 0 Å². The number of hydrogen-bond acceptors (Lipinski definition) is 1. The number of rotatable bonds is 6. The Kier molecular flexibility index (Phi) is 6.47. The fraction of sp³-hybridized carbons (Fsp3) is 0.667. The van der Waals surface area contributed by atoms with Crippen LogP contribution in [0.15, 0.2) is 30.3 Å². The van der Waals surface area contributed by atoms with E-state index in [1.807, 2.05) is 6.07 Å². The number of piperazine rings is 1. The highest BCUT2D eigenvalue weighted by Gasteiger charge is 2.38. The van der Waals surface area contributed by atoms with E-state index in [0.29, 0.717) is 0 Å². The maximum atomic E-state index is 9.79. The van der Waals surface area contributed by atoms with Crippen LogP contribution in [-0.2, 0) is 5.41 Å².